The first kappa shape index (κ1) is 10.8. The first-order valence-corrected chi connectivity index (χ1v) is 5.88. The highest BCUT2D eigenvalue weighted by molar-refractivity contribution is 5.82. The Hall–Kier alpha value is -2.36. The molecule has 3 aromatic rings. The van der Waals surface area contributed by atoms with Crippen LogP contribution in [0.2, 0.25) is 0 Å². The summed E-state index contributed by atoms with van der Waals surface area (Å²) >= 11 is 0. The van der Waals surface area contributed by atoms with Crippen molar-refractivity contribution in [1.29, 1.82) is 0 Å². The topological polar surface area (TPSA) is 61.2 Å². The van der Waals surface area contributed by atoms with Crippen LogP contribution in [0.1, 0.15) is 5.56 Å². The molecule has 4 heteroatoms. The van der Waals surface area contributed by atoms with Gasteiger partial charge in [-0.1, -0.05) is 18.2 Å². The Kier molecular flexibility index (Phi) is 2.48. The summed E-state index contributed by atoms with van der Waals surface area (Å²) in [5, 5.41) is 20.3. The van der Waals surface area contributed by atoms with Gasteiger partial charge < -0.3 is 15.2 Å². The summed E-state index contributed by atoms with van der Waals surface area (Å²) in [6.07, 6.45) is 2.72. The minimum Gasteiger partial charge on any atom is -0.494 e. The van der Waals surface area contributed by atoms with Crippen molar-refractivity contribution in [3.8, 4) is 11.8 Å². The van der Waals surface area contributed by atoms with Crippen LogP contribution in [0.25, 0.3) is 10.9 Å². The fourth-order valence-electron chi connectivity index (χ4n) is 2.25. The second kappa shape index (κ2) is 4.14. The number of aromatic nitrogens is 2. The molecule has 0 aliphatic heterocycles. The molecule has 92 valence electrons. The minimum atomic E-state index is 0.0901. The number of para-hydroxylation sites is 1. The van der Waals surface area contributed by atoms with Gasteiger partial charge in [0.2, 0.25) is 0 Å². The largest absolute Gasteiger partial charge is 0.494 e. The van der Waals surface area contributed by atoms with Gasteiger partial charge in [-0.05, 0) is 18.1 Å². The monoisotopic (exact) mass is 242 g/mol. The summed E-state index contributed by atoms with van der Waals surface area (Å²) < 4.78 is 1.49. The van der Waals surface area contributed by atoms with Gasteiger partial charge in [0.15, 0.2) is 11.8 Å². The second-order valence-corrected chi connectivity index (χ2v) is 4.31. The zero-order valence-electron chi connectivity index (χ0n) is 9.80. The molecular formula is C14H14N2O2. The standard InChI is InChI=1S/C14H14N2O2/c17-13-5-6-14(18)16(13)8-7-10-9-15-12-4-2-1-3-11(10)12/h1-6,9,15,17-18H,7-8H2. The van der Waals surface area contributed by atoms with Crippen molar-refractivity contribution in [3.05, 3.63) is 48.2 Å². The van der Waals surface area contributed by atoms with E-state index in [9.17, 15) is 10.2 Å². The highest BCUT2D eigenvalue weighted by Gasteiger charge is 2.07. The highest BCUT2D eigenvalue weighted by Crippen LogP contribution is 2.23. The molecule has 3 rings (SSSR count). The SMILES string of the molecule is Oc1ccc(O)n1CCc1c[nH]c2ccccc12. The maximum absolute atomic E-state index is 9.57. The van der Waals surface area contributed by atoms with E-state index in [0.717, 1.165) is 11.9 Å². The molecule has 2 aromatic heterocycles. The Morgan fingerprint density at radius 3 is 2.50 bits per heavy atom. The number of hydrogen-bond acceptors (Lipinski definition) is 2. The van der Waals surface area contributed by atoms with Crippen LogP contribution in [0.5, 0.6) is 11.8 Å². The van der Waals surface area contributed by atoms with Crippen molar-refractivity contribution in [2.45, 2.75) is 13.0 Å². The summed E-state index contributed by atoms with van der Waals surface area (Å²) in [7, 11) is 0. The molecule has 0 unspecified atom stereocenters. The molecule has 0 saturated carbocycles. The van der Waals surface area contributed by atoms with Crippen LogP contribution >= 0.6 is 0 Å². The Morgan fingerprint density at radius 2 is 1.72 bits per heavy atom. The number of hydrogen-bond donors (Lipinski definition) is 3. The van der Waals surface area contributed by atoms with E-state index < -0.39 is 0 Å². The molecule has 0 spiro atoms. The van der Waals surface area contributed by atoms with Gasteiger partial charge in [0.25, 0.3) is 0 Å². The van der Waals surface area contributed by atoms with Crippen LogP contribution in [-0.4, -0.2) is 19.8 Å². The van der Waals surface area contributed by atoms with Crippen LogP contribution in [0.15, 0.2) is 42.6 Å². The molecule has 2 heterocycles. The Bertz CT molecular complexity index is 662. The van der Waals surface area contributed by atoms with E-state index in [1.807, 2.05) is 24.4 Å². The molecule has 3 N–H and O–H groups in total. The number of nitrogens with zero attached hydrogens (tertiary/aromatic N) is 1. The predicted octanol–water partition coefficient (Wildman–Crippen LogP) is 2.62. The summed E-state index contributed by atoms with van der Waals surface area (Å²) in [5.41, 5.74) is 2.28. The molecule has 0 saturated heterocycles. The molecule has 0 bridgehead atoms. The molecule has 4 nitrogen and oxygen atoms in total. The van der Waals surface area contributed by atoms with Crippen molar-refractivity contribution in [2.75, 3.05) is 0 Å². The molecular weight excluding hydrogens is 228 g/mol. The molecule has 0 amide bonds. The summed E-state index contributed by atoms with van der Waals surface area (Å²) in [6.45, 7) is 0.548. The number of aromatic amines is 1. The van der Waals surface area contributed by atoms with Crippen molar-refractivity contribution >= 4 is 10.9 Å². The van der Waals surface area contributed by atoms with E-state index in [4.69, 9.17) is 0 Å². The number of nitrogens with one attached hydrogen (secondary N) is 1. The van der Waals surface area contributed by atoms with Crippen LogP contribution in [0.3, 0.4) is 0 Å². The third-order valence-corrected chi connectivity index (χ3v) is 3.21. The number of rotatable bonds is 3. The third kappa shape index (κ3) is 1.72. The Labute approximate surface area is 104 Å². The summed E-state index contributed by atoms with van der Waals surface area (Å²) in [6, 6.07) is 11.1. The molecule has 18 heavy (non-hydrogen) atoms. The van der Waals surface area contributed by atoms with E-state index >= 15 is 0 Å². The van der Waals surface area contributed by atoms with Crippen LogP contribution in [-0.2, 0) is 13.0 Å². The second-order valence-electron chi connectivity index (χ2n) is 4.31. The van der Waals surface area contributed by atoms with Gasteiger partial charge in [-0.2, -0.15) is 0 Å². The Balaban J connectivity index is 1.85. The maximum Gasteiger partial charge on any atom is 0.193 e. The molecule has 0 fully saturated rings. The quantitative estimate of drug-likeness (QED) is 0.661. The van der Waals surface area contributed by atoms with Crippen LogP contribution in [0.4, 0.5) is 0 Å². The molecule has 0 radical (unpaired) electrons. The van der Waals surface area contributed by atoms with E-state index in [1.54, 1.807) is 0 Å². The van der Waals surface area contributed by atoms with Gasteiger partial charge in [0.1, 0.15) is 0 Å². The maximum atomic E-state index is 9.57. The predicted molar refractivity (Wildman–Crippen MR) is 69.8 cm³/mol. The molecule has 0 aliphatic rings. The average molecular weight is 242 g/mol. The van der Waals surface area contributed by atoms with Crippen molar-refractivity contribution < 1.29 is 10.2 Å². The van der Waals surface area contributed by atoms with E-state index in [-0.39, 0.29) is 11.8 Å². The Morgan fingerprint density at radius 1 is 1.00 bits per heavy atom. The van der Waals surface area contributed by atoms with E-state index in [0.29, 0.717) is 6.54 Å². The number of H-pyrrole nitrogens is 1. The lowest BCUT2D eigenvalue weighted by Crippen LogP contribution is -1.99. The van der Waals surface area contributed by atoms with Crippen molar-refractivity contribution in [2.24, 2.45) is 0 Å². The fourth-order valence-corrected chi connectivity index (χ4v) is 2.25. The number of aryl methyl sites for hydroxylation is 1. The number of aromatic hydroxyl groups is 2. The zero-order valence-corrected chi connectivity index (χ0v) is 9.80. The normalized spacial score (nSPS) is 11.1. The van der Waals surface area contributed by atoms with E-state index in [1.165, 1.54) is 27.6 Å². The molecule has 0 atom stereocenters. The van der Waals surface area contributed by atoms with Crippen LogP contribution in [0, 0.1) is 0 Å². The summed E-state index contributed by atoms with van der Waals surface area (Å²) in [5.74, 6) is 0.180. The molecule has 0 aliphatic carbocycles. The van der Waals surface area contributed by atoms with Gasteiger partial charge in [-0.25, -0.2) is 0 Å². The minimum absolute atomic E-state index is 0.0901. The average Bonchev–Trinajstić information content (AvgIpc) is 2.93. The molecule has 1 aromatic carbocycles. The van der Waals surface area contributed by atoms with Crippen molar-refractivity contribution in [1.82, 2.24) is 9.55 Å². The third-order valence-electron chi connectivity index (χ3n) is 3.21. The first-order chi connectivity index (χ1) is 8.75. The lowest BCUT2D eigenvalue weighted by molar-refractivity contribution is 0.368. The highest BCUT2D eigenvalue weighted by atomic mass is 16.3. The number of benzene rings is 1. The smallest absolute Gasteiger partial charge is 0.193 e. The van der Waals surface area contributed by atoms with Crippen molar-refractivity contribution in [3.63, 3.8) is 0 Å². The van der Waals surface area contributed by atoms with Gasteiger partial charge in [-0.15, -0.1) is 0 Å². The van der Waals surface area contributed by atoms with Gasteiger partial charge >= 0.3 is 0 Å². The lowest BCUT2D eigenvalue weighted by Gasteiger charge is -2.05. The van der Waals surface area contributed by atoms with Gasteiger partial charge in [0.05, 0.1) is 0 Å². The van der Waals surface area contributed by atoms with Crippen LogP contribution < -0.4 is 0 Å². The van der Waals surface area contributed by atoms with E-state index in [2.05, 4.69) is 11.1 Å². The first-order valence-electron chi connectivity index (χ1n) is 5.88. The van der Waals surface area contributed by atoms with Gasteiger partial charge in [0, 0.05) is 35.8 Å². The fraction of sp³-hybridized carbons (Fsp3) is 0.143. The zero-order chi connectivity index (χ0) is 12.5. The van der Waals surface area contributed by atoms with Gasteiger partial charge in [-0.3, -0.25) is 4.57 Å². The summed E-state index contributed by atoms with van der Waals surface area (Å²) in [4.78, 5) is 3.21. The number of fused-ring (bicyclic) bond motifs is 1. The lowest BCUT2D eigenvalue weighted by atomic mass is 10.1.